The zero-order valence-electron chi connectivity index (χ0n) is 10.3. The van der Waals surface area contributed by atoms with Crippen LogP contribution < -0.4 is 0 Å². The maximum Gasteiger partial charge on any atom is 0.304 e. The van der Waals surface area contributed by atoms with Gasteiger partial charge in [-0.3, -0.25) is 9.69 Å². The average Bonchev–Trinajstić information content (AvgIpc) is 2.31. The molecule has 1 aromatic carbocycles. The largest absolute Gasteiger partial charge is 0.481 e. The number of hydrogen-bond donors (Lipinski definition) is 1. The zero-order valence-corrected chi connectivity index (χ0v) is 11.1. The van der Waals surface area contributed by atoms with Crippen molar-refractivity contribution in [3.63, 3.8) is 0 Å². The van der Waals surface area contributed by atoms with Gasteiger partial charge in [0.1, 0.15) is 0 Å². The van der Waals surface area contributed by atoms with Crippen molar-refractivity contribution in [3.8, 4) is 0 Å². The third kappa shape index (κ3) is 3.72. The Morgan fingerprint density at radius 1 is 1.44 bits per heavy atom. The van der Waals surface area contributed by atoms with Crippen LogP contribution in [0.3, 0.4) is 0 Å². The van der Waals surface area contributed by atoms with Crippen LogP contribution in [-0.4, -0.2) is 28.6 Å². The van der Waals surface area contributed by atoms with Crippen molar-refractivity contribution in [2.24, 2.45) is 0 Å². The highest BCUT2D eigenvalue weighted by Gasteiger charge is 2.24. The lowest BCUT2D eigenvalue weighted by atomic mass is 9.98. The zero-order chi connectivity index (χ0) is 13.0. The van der Waals surface area contributed by atoms with Crippen LogP contribution in [0, 0.1) is 0 Å². The lowest BCUT2D eigenvalue weighted by Gasteiger charge is -2.35. The first-order chi connectivity index (χ1) is 8.65. The Bertz CT molecular complexity index is 422. The van der Waals surface area contributed by atoms with E-state index in [4.69, 9.17) is 16.7 Å². The van der Waals surface area contributed by atoms with Gasteiger partial charge in [0.05, 0.1) is 6.42 Å². The van der Waals surface area contributed by atoms with Crippen LogP contribution in [0.4, 0.5) is 0 Å². The van der Waals surface area contributed by atoms with E-state index >= 15 is 0 Å². The van der Waals surface area contributed by atoms with Gasteiger partial charge in [-0.1, -0.05) is 30.2 Å². The second-order valence-electron chi connectivity index (χ2n) is 4.85. The van der Waals surface area contributed by atoms with Crippen molar-refractivity contribution >= 4 is 17.6 Å². The fourth-order valence-corrected chi connectivity index (χ4v) is 2.78. The van der Waals surface area contributed by atoms with Gasteiger partial charge in [0, 0.05) is 17.6 Å². The molecule has 1 atom stereocenters. The van der Waals surface area contributed by atoms with E-state index in [1.807, 2.05) is 24.3 Å². The van der Waals surface area contributed by atoms with Crippen LogP contribution in [0.2, 0.25) is 5.02 Å². The van der Waals surface area contributed by atoms with E-state index in [1.54, 1.807) is 0 Å². The number of piperidine rings is 1. The Labute approximate surface area is 112 Å². The minimum atomic E-state index is -0.710. The number of carbonyl (C=O) groups is 1. The Morgan fingerprint density at radius 3 is 3.00 bits per heavy atom. The third-order valence-electron chi connectivity index (χ3n) is 3.43. The van der Waals surface area contributed by atoms with E-state index < -0.39 is 5.97 Å². The number of benzene rings is 1. The highest BCUT2D eigenvalue weighted by Crippen LogP contribution is 2.22. The number of rotatable bonds is 4. The highest BCUT2D eigenvalue weighted by atomic mass is 35.5. The first kappa shape index (κ1) is 13.4. The number of nitrogens with zero attached hydrogens (tertiary/aromatic N) is 1. The molecule has 1 aromatic rings. The SMILES string of the molecule is O=C(O)CC1CCCCN1Cc1cccc(Cl)c1. The molecule has 0 radical (unpaired) electrons. The summed E-state index contributed by atoms with van der Waals surface area (Å²) >= 11 is 5.97. The molecule has 2 rings (SSSR count). The first-order valence-electron chi connectivity index (χ1n) is 6.35. The quantitative estimate of drug-likeness (QED) is 0.911. The molecule has 18 heavy (non-hydrogen) atoms. The van der Waals surface area contributed by atoms with Gasteiger partial charge in [0.2, 0.25) is 0 Å². The molecule has 1 aliphatic rings. The molecule has 1 unspecified atom stereocenters. The number of carboxylic acid groups (broad SMARTS) is 1. The van der Waals surface area contributed by atoms with Crippen molar-refractivity contribution in [3.05, 3.63) is 34.9 Å². The molecule has 1 N–H and O–H groups in total. The van der Waals surface area contributed by atoms with Gasteiger partial charge in [-0.05, 0) is 37.1 Å². The van der Waals surface area contributed by atoms with Crippen LogP contribution in [0.25, 0.3) is 0 Å². The van der Waals surface area contributed by atoms with Crippen molar-refractivity contribution in [2.75, 3.05) is 6.54 Å². The molecule has 0 aromatic heterocycles. The summed E-state index contributed by atoms with van der Waals surface area (Å²) in [5.41, 5.74) is 1.15. The van der Waals surface area contributed by atoms with Gasteiger partial charge < -0.3 is 5.11 Å². The molecule has 0 amide bonds. The lowest BCUT2D eigenvalue weighted by molar-refractivity contribution is -0.138. The van der Waals surface area contributed by atoms with Crippen LogP contribution in [0.5, 0.6) is 0 Å². The molecule has 0 spiro atoms. The molecule has 0 bridgehead atoms. The smallest absolute Gasteiger partial charge is 0.304 e. The van der Waals surface area contributed by atoms with E-state index in [0.29, 0.717) is 0 Å². The minimum Gasteiger partial charge on any atom is -0.481 e. The number of likely N-dealkylation sites (tertiary alicyclic amines) is 1. The van der Waals surface area contributed by atoms with E-state index in [0.717, 1.165) is 42.9 Å². The molecular weight excluding hydrogens is 250 g/mol. The van der Waals surface area contributed by atoms with Gasteiger partial charge in [-0.2, -0.15) is 0 Å². The molecule has 1 fully saturated rings. The Balaban J connectivity index is 2.03. The maximum atomic E-state index is 10.9. The van der Waals surface area contributed by atoms with Crippen molar-refractivity contribution in [1.29, 1.82) is 0 Å². The van der Waals surface area contributed by atoms with Crippen LogP contribution in [0.15, 0.2) is 24.3 Å². The summed E-state index contributed by atoms with van der Waals surface area (Å²) in [6.45, 7) is 1.77. The molecule has 1 saturated heterocycles. The second kappa shape index (κ2) is 6.21. The molecular formula is C14H18ClNO2. The topological polar surface area (TPSA) is 40.5 Å². The molecule has 98 valence electrons. The van der Waals surface area contributed by atoms with Gasteiger partial charge in [0.15, 0.2) is 0 Å². The van der Waals surface area contributed by atoms with E-state index in [1.165, 1.54) is 0 Å². The normalized spacial score (nSPS) is 20.8. The lowest BCUT2D eigenvalue weighted by Crippen LogP contribution is -2.40. The molecule has 1 heterocycles. The Hall–Kier alpha value is -1.06. The predicted molar refractivity (Wildman–Crippen MR) is 71.8 cm³/mol. The second-order valence-corrected chi connectivity index (χ2v) is 5.28. The van der Waals surface area contributed by atoms with Gasteiger partial charge in [-0.25, -0.2) is 0 Å². The summed E-state index contributed by atoms with van der Waals surface area (Å²) < 4.78 is 0. The van der Waals surface area contributed by atoms with Crippen molar-refractivity contribution in [2.45, 2.75) is 38.3 Å². The predicted octanol–water partition coefficient (Wildman–Crippen LogP) is 3.17. The fraction of sp³-hybridized carbons (Fsp3) is 0.500. The van der Waals surface area contributed by atoms with Crippen LogP contribution >= 0.6 is 11.6 Å². The van der Waals surface area contributed by atoms with Gasteiger partial charge in [0.25, 0.3) is 0 Å². The number of hydrogen-bond acceptors (Lipinski definition) is 2. The Morgan fingerprint density at radius 2 is 2.28 bits per heavy atom. The van der Waals surface area contributed by atoms with Crippen molar-refractivity contribution < 1.29 is 9.90 Å². The van der Waals surface area contributed by atoms with E-state index in [9.17, 15) is 4.79 Å². The minimum absolute atomic E-state index is 0.162. The van der Waals surface area contributed by atoms with E-state index in [2.05, 4.69) is 4.90 Å². The van der Waals surface area contributed by atoms with E-state index in [-0.39, 0.29) is 12.5 Å². The third-order valence-corrected chi connectivity index (χ3v) is 3.67. The summed E-state index contributed by atoms with van der Waals surface area (Å²) in [4.78, 5) is 13.1. The molecule has 1 aliphatic heterocycles. The average molecular weight is 268 g/mol. The van der Waals surface area contributed by atoms with Crippen LogP contribution in [-0.2, 0) is 11.3 Å². The summed E-state index contributed by atoms with van der Waals surface area (Å²) in [6, 6.07) is 7.95. The molecule has 0 aliphatic carbocycles. The number of halogens is 1. The summed E-state index contributed by atoms with van der Waals surface area (Å²) in [5.74, 6) is -0.710. The molecule has 0 saturated carbocycles. The summed E-state index contributed by atoms with van der Waals surface area (Å²) in [6.07, 6.45) is 3.49. The molecule has 4 heteroatoms. The fourth-order valence-electron chi connectivity index (χ4n) is 2.57. The van der Waals surface area contributed by atoms with Crippen molar-refractivity contribution in [1.82, 2.24) is 4.90 Å². The highest BCUT2D eigenvalue weighted by molar-refractivity contribution is 6.30. The number of carboxylic acids is 1. The summed E-state index contributed by atoms with van der Waals surface area (Å²) in [5, 5.41) is 9.68. The van der Waals surface area contributed by atoms with Gasteiger partial charge in [-0.15, -0.1) is 0 Å². The standard InChI is InChI=1S/C14H18ClNO2/c15-12-5-3-4-11(8-12)10-16-7-2-1-6-13(16)9-14(17)18/h3-5,8,13H,1-2,6-7,9-10H2,(H,17,18). The monoisotopic (exact) mass is 267 g/mol. The van der Waals surface area contributed by atoms with Gasteiger partial charge >= 0.3 is 5.97 Å². The number of aliphatic carboxylic acids is 1. The first-order valence-corrected chi connectivity index (χ1v) is 6.73. The Kier molecular flexibility index (Phi) is 4.61. The maximum absolute atomic E-state index is 10.9. The molecule has 3 nitrogen and oxygen atoms in total. The summed E-state index contributed by atoms with van der Waals surface area (Å²) in [7, 11) is 0. The van der Waals surface area contributed by atoms with Crippen LogP contribution in [0.1, 0.15) is 31.2 Å².